The van der Waals surface area contributed by atoms with Crippen LogP contribution in [0.3, 0.4) is 0 Å². The predicted octanol–water partition coefficient (Wildman–Crippen LogP) is 24.1. The van der Waals surface area contributed by atoms with E-state index in [9.17, 15) is 0 Å². The maximum atomic E-state index is 6.34. The number of para-hydroxylation sites is 4. The molecule has 17 aromatic carbocycles. The first-order chi connectivity index (χ1) is 42.6. The SMILES string of the molecule is c1ccc(-c2ccc3ccc4c(-c5ccc(-c6cccc7c6oc6ccccc67)cc5)ccc5ccc2c3c54)cc1.c1ccc2cc(-c3ccc4ccc5c(-c6ccc(-c7cccc8c7oc7ccccc78)cc6)ccc6ccc3c4c65)ccc2c1. The average molecular weight is 1090 g/mol. The van der Waals surface area contributed by atoms with Gasteiger partial charge in [-0.05, 0) is 149 Å². The predicted molar refractivity (Wildman–Crippen MR) is 365 cm³/mol. The molecule has 19 rings (SSSR count). The zero-order valence-corrected chi connectivity index (χ0v) is 46.7. The molecule has 2 heterocycles. The minimum Gasteiger partial charge on any atom is -0.455 e. The van der Waals surface area contributed by atoms with E-state index >= 15 is 0 Å². The van der Waals surface area contributed by atoms with Crippen LogP contribution in [0, 0.1) is 0 Å². The third kappa shape index (κ3) is 7.53. The van der Waals surface area contributed by atoms with Gasteiger partial charge in [-0.2, -0.15) is 0 Å². The van der Waals surface area contributed by atoms with Crippen LogP contribution in [0.4, 0.5) is 0 Å². The molecular weight excluding hydrogens is 1040 g/mol. The van der Waals surface area contributed by atoms with E-state index in [1.807, 2.05) is 24.3 Å². The lowest BCUT2D eigenvalue weighted by molar-refractivity contribution is 0.669. The van der Waals surface area contributed by atoms with E-state index in [2.05, 4.69) is 279 Å². The van der Waals surface area contributed by atoms with Gasteiger partial charge in [-0.25, -0.2) is 0 Å². The molecule has 0 aliphatic heterocycles. The number of benzene rings is 17. The van der Waals surface area contributed by atoms with Gasteiger partial charge in [0.05, 0.1) is 0 Å². The van der Waals surface area contributed by atoms with Crippen molar-refractivity contribution in [2.24, 2.45) is 0 Å². The summed E-state index contributed by atoms with van der Waals surface area (Å²) < 4.78 is 12.7. The zero-order chi connectivity index (χ0) is 56.4. The summed E-state index contributed by atoms with van der Waals surface area (Å²) in [5, 5.41) is 22.8. The second-order valence-electron chi connectivity index (χ2n) is 22.9. The van der Waals surface area contributed by atoms with Crippen molar-refractivity contribution >= 4 is 119 Å². The molecule has 0 saturated carbocycles. The van der Waals surface area contributed by atoms with Gasteiger partial charge in [-0.1, -0.05) is 285 Å². The fourth-order valence-electron chi connectivity index (χ4n) is 14.2. The van der Waals surface area contributed by atoms with Crippen LogP contribution in [0.5, 0.6) is 0 Å². The lowest BCUT2D eigenvalue weighted by atomic mass is 9.87. The van der Waals surface area contributed by atoms with E-state index < -0.39 is 0 Å². The van der Waals surface area contributed by atoms with Gasteiger partial charge in [0.2, 0.25) is 0 Å². The van der Waals surface area contributed by atoms with E-state index in [0.29, 0.717) is 0 Å². The lowest BCUT2D eigenvalue weighted by Gasteiger charge is -2.17. The molecule has 0 aliphatic rings. The molecule has 19 aromatic rings. The minimum atomic E-state index is 0.925. The number of furan rings is 2. The van der Waals surface area contributed by atoms with Crippen molar-refractivity contribution in [3.63, 3.8) is 0 Å². The normalized spacial score (nSPS) is 12.0. The van der Waals surface area contributed by atoms with Crippen LogP contribution in [0.1, 0.15) is 0 Å². The Morgan fingerprint density at radius 3 is 0.919 bits per heavy atom. The highest BCUT2D eigenvalue weighted by Crippen LogP contribution is 2.46. The summed E-state index contributed by atoms with van der Waals surface area (Å²) in [6.45, 7) is 0. The molecule has 0 unspecified atom stereocenters. The largest absolute Gasteiger partial charge is 0.455 e. The molecular formula is C84H50O2. The Hall–Kier alpha value is -11.3. The van der Waals surface area contributed by atoms with Gasteiger partial charge >= 0.3 is 0 Å². The summed E-state index contributed by atoms with van der Waals surface area (Å²) in [4.78, 5) is 0. The molecule has 2 heteroatoms. The molecule has 86 heavy (non-hydrogen) atoms. The van der Waals surface area contributed by atoms with Gasteiger partial charge in [-0.3, -0.25) is 0 Å². The van der Waals surface area contributed by atoms with Crippen molar-refractivity contribution in [2.75, 3.05) is 0 Å². The quantitative estimate of drug-likeness (QED) is 0.155. The summed E-state index contributed by atoms with van der Waals surface area (Å²) in [6, 6.07) is 110. The van der Waals surface area contributed by atoms with E-state index in [1.54, 1.807) is 0 Å². The first-order valence-corrected chi connectivity index (χ1v) is 29.6. The summed E-state index contributed by atoms with van der Waals surface area (Å²) >= 11 is 0. The molecule has 0 saturated heterocycles. The Labute approximate surface area is 495 Å². The fraction of sp³-hybridized carbons (Fsp3) is 0. The van der Waals surface area contributed by atoms with Gasteiger partial charge < -0.3 is 8.83 Å². The Morgan fingerprint density at radius 2 is 0.477 bits per heavy atom. The van der Waals surface area contributed by atoms with Gasteiger partial charge in [0.1, 0.15) is 22.3 Å². The molecule has 398 valence electrons. The summed E-state index contributed by atoms with van der Waals surface area (Å²) in [5.74, 6) is 0. The third-order valence-electron chi connectivity index (χ3n) is 18.3. The average Bonchev–Trinajstić information content (AvgIpc) is 1.20. The smallest absolute Gasteiger partial charge is 0.143 e. The molecule has 2 aromatic heterocycles. The van der Waals surface area contributed by atoms with Gasteiger partial charge in [-0.15, -0.1) is 0 Å². The fourth-order valence-corrected chi connectivity index (χ4v) is 14.2. The number of hydrogen-bond acceptors (Lipinski definition) is 2. The maximum absolute atomic E-state index is 6.34. The van der Waals surface area contributed by atoms with Gasteiger partial charge in [0.15, 0.2) is 0 Å². The van der Waals surface area contributed by atoms with Crippen LogP contribution in [-0.2, 0) is 0 Å². The highest BCUT2D eigenvalue weighted by atomic mass is 16.3. The monoisotopic (exact) mass is 1090 g/mol. The second-order valence-corrected chi connectivity index (χ2v) is 22.9. The molecule has 0 fully saturated rings. The van der Waals surface area contributed by atoms with Crippen LogP contribution >= 0.6 is 0 Å². The van der Waals surface area contributed by atoms with Crippen molar-refractivity contribution in [1.82, 2.24) is 0 Å². The minimum absolute atomic E-state index is 0.925. The summed E-state index contributed by atoms with van der Waals surface area (Å²) in [6.07, 6.45) is 0. The highest BCUT2D eigenvalue weighted by molar-refractivity contribution is 6.29. The summed E-state index contributed by atoms with van der Waals surface area (Å²) in [5.41, 5.74) is 18.3. The van der Waals surface area contributed by atoms with E-state index in [1.165, 1.54) is 120 Å². The molecule has 0 N–H and O–H groups in total. The van der Waals surface area contributed by atoms with E-state index in [-0.39, 0.29) is 0 Å². The molecule has 2 nitrogen and oxygen atoms in total. The van der Waals surface area contributed by atoms with Crippen molar-refractivity contribution in [3.05, 3.63) is 303 Å². The standard InChI is InChI=1S/C44H26O.C40H24O/c1-2-7-32-26-33(17-12-27(32)6-1)35-23-19-31-20-24-38-34(22-18-30-21-25-39(35)43(31)42(30)38)28-13-15-29(16-14-28)36-9-5-10-40-37-8-3-4-11-41(37)45-44(36)40;1-2-7-25(8-3-1)30-21-17-28-20-24-35-31(22-18-29-19-23-34(30)38(28)39(29)35)26-13-15-27(16-14-26)32-10-6-11-36-33-9-4-5-12-37(33)41-40(32)36/h1-26H;1-24H. The van der Waals surface area contributed by atoms with Crippen molar-refractivity contribution in [1.29, 1.82) is 0 Å². The number of rotatable bonds is 6. The Kier molecular flexibility index (Phi) is 10.7. The first-order valence-electron chi connectivity index (χ1n) is 29.6. The first kappa shape index (κ1) is 48.2. The topological polar surface area (TPSA) is 26.3 Å². The Balaban J connectivity index is 0.000000130. The lowest BCUT2D eigenvalue weighted by Crippen LogP contribution is -1.89. The molecule has 0 radical (unpaired) electrons. The van der Waals surface area contributed by atoms with Crippen LogP contribution in [0.15, 0.2) is 312 Å². The molecule has 0 amide bonds. The zero-order valence-electron chi connectivity index (χ0n) is 46.7. The van der Waals surface area contributed by atoms with Crippen LogP contribution < -0.4 is 0 Å². The summed E-state index contributed by atoms with van der Waals surface area (Å²) in [7, 11) is 0. The third-order valence-corrected chi connectivity index (χ3v) is 18.3. The Bertz CT molecular complexity index is 5860. The van der Waals surface area contributed by atoms with Crippen LogP contribution in [-0.4, -0.2) is 0 Å². The molecule has 0 spiro atoms. The van der Waals surface area contributed by atoms with Crippen LogP contribution in [0.2, 0.25) is 0 Å². The molecule has 0 bridgehead atoms. The number of fused-ring (bicyclic) bond motifs is 7. The molecule has 0 aliphatic carbocycles. The van der Waals surface area contributed by atoms with Crippen molar-refractivity contribution in [3.8, 4) is 66.8 Å². The Morgan fingerprint density at radius 1 is 0.163 bits per heavy atom. The van der Waals surface area contributed by atoms with Crippen LogP contribution in [0.25, 0.3) is 186 Å². The van der Waals surface area contributed by atoms with Gasteiger partial charge in [0.25, 0.3) is 0 Å². The number of hydrogen-bond donors (Lipinski definition) is 0. The van der Waals surface area contributed by atoms with Crippen molar-refractivity contribution in [2.45, 2.75) is 0 Å². The highest BCUT2D eigenvalue weighted by Gasteiger charge is 2.19. The van der Waals surface area contributed by atoms with Crippen molar-refractivity contribution < 1.29 is 8.83 Å². The second kappa shape index (κ2) is 19.1. The maximum Gasteiger partial charge on any atom is 0.143 e. The molecule has 0 atom stereocenters. The van der Waals surface area contributed by atoms with E-state index in [4.69, 9.17) is 8.83 Å². The van der Waals surface area contributed by atoms with Gasteiger partial charge in [0, 0.05) is 32.7 Å². The van der Waals surface area contributed by atoms with E-state index in [0.717, 1.165) is 66.1 Å².